The van der Waals surface area contributed by atoms with Crippen LogP contribution in [-0.2, 0) is 9.47 Å². The fraction of sp³-hybridized carbons (Fsp3) is 0.923. The molecule has 0 spiro atoms. The fourth-order valence-electron chi connectivity index (χ4n) is 1.47. The van der Waals surface area contributed by atoms with Crippen LogP contribution in [0.25, 0.3) is 0 Å². The van der Waals surface area contributed by atoms with Crippen LogP contribution in [0.2, 0.25) is 0 Å². The summed E-state index contributed by atoms with van der Waals surface area (Å²) in [5, 5.41) is 2.85. The summed E-state index contributed by atoms with van der Waals surface area (Å²) in [7, 11) is 0. The Morgan fingerprint density at radius 1 is 1.29 bits per heavy atom. The van der Waals surface area contributed by atoms with Gasteiger partial charge in [-0.15, -0.1) is 0 Å². The Balaban J connectivity index is 4.17. The highest BCUT2D eigenvalue weighted by molar-refractivity contribution is 5.68. The van der Waals surface area contributed by atoms with Crippen molar-refractivity contribution >= 4 is 6.09 Å². The molecule has 0 aliphatic carbocycles. The highest BCUT2D eigenvalue weighted by Gasteiger charge is 2.20. The first kappa shape index (κ1) is 16.2. The molecule has 4 heteroatoms. The zero-order valence-corrected chi connectivity index (χ0v) is 12.0. The van der Waals surface area contributed by atoms with Crippen LogP contribution in [-0.4, -0.2) is 30.9 Å². The molecule has 0 radical (unpaired) electrons. The summed E-state index contributed by atoms with van der Waals surface area (Å²) in [4.78, 5) is 11.6. The summed E-state index contributed by atoms with van der Waals surface area (Å²) in [5.41, 5.74) is -0.460. The average molecular weight is 245 g/mol. The van der Waals surface area contributed by atoms with E-state index in [1.807, 2.05) is 27.7 Å². The van der Waals surface area contributed by atoms with Crippen LogP contribution >= 0.6 is 0 Å². The Hall–Kier alpha value is -0.770. The molecule has 0 heterocycles. The second-order valence-electron chi connectivity index (χ2n) is 5.63. The van der Waals surface area contributed by atoms with Crippen LogP contribution in [0.5, 0.6) is 0 Å². The van der Waals surface area contributed by atoms with E-state index in [2.05, 4.69) is 19.2 Å². The Labute approximate surface area is 105 Å². The molecule has 1 unspecified atom stereocenters. The quantitative estimate of drug-likeness (QED) is 0.782. The van der Waals surface area contributed by atoms with Crippen molar-refractivity contribution in [2.75, 3.05) is 13.2 Å². The number of hydrogen-bond donors (Lipinski definition) is 1. The van der Waals surface area contributed by atoms with E-state index in [4.69, 9.17) is 9.47 Å². The van der Waals surface area contributed by atoms with Crippen molar-refractivity contribution in [3.63, 3.8) is 0 Å². The molecular formula is C13H27NO3. The molecule has 1 N–H and O–H groups in total. The minimum atomic E-state index is -0.460. The van der Waals surface area contributed by atoms with Gasteiger partial charge in [0.25, 0.3) is 0 Å². The first-order valence-electron chi connectivity index (χ1n) is 6.31. The number of nitrogens with one attached hydrogen (secondary N) is 1. The Bertz CT molecular complexity index is 221. The first-order valence-corrected chi connectivity index (χ1v) is 6.31. The van der Waals surface area contributed by atoms with Gasteiger partial charge in [0.05, 0.1) is 12.6 Å². The van der Waals surface area contributed by atoms with Crippen LogP contribution in [0, 0.1) is 5.92 Å². The molecule has 1 atom stereocenters. The topological polar surface area (TPSA) is 47.6 Å². The maximum absolute atomic E-state index is 11.6. The number of alkyl carbamates (subject to hydrolysis) is 1. The van der Waals surface area contributed by atoms with Crippen molar-refractivity contribution in [3.8, 4) is 0 Å². The van der Waals surface area contributed by atoms with Crippen molar-refractivity contribution in [1.29, 1.82) is 0 Å². The number of amides is 1. The van der Waals surface area contributed by atoms with Crippen LogP contribution in [0.3, 0.4) is 0 Å². The highest BCUT2D eigenvalue weighted by Crippen LogP contribution is 2.09. The molecule has 17 heavy (non-hydrogen) atoms. The van der Waals surface area contributed by atoms with Gasteiger partial charge in [0.1, 0.15) is 5.60 Å². The summed E-state index contributed by atoms with van der Waals surface area (Å²) < 4.78 is 10.6. The summed E-state index contributed by atoms with van der Waals surface area (Å²) >= 11 is 0. The molecular weight excluding hydrogens is 218 g/mol. The van der Waals surface area contributed by atoms with Crippen molar-refractivity contribution in [1.82, 2.24) is 5.32 Å². The maximum atomic E-state index is 11.6. The molecule has 1 amide bonds. The Kier molecular flexibility index (Phi) is 7.19. The SMILES string of the molecule is CCOCC(CC(C)C)NC(=O)OC(C)(C)C. The number of ether oxygens (including phenoxy) is 2. The third-order valence-electron chi connectivity index (χ3n) is 2.00. The molecule has 0 aliphatic heterocycles. The highest BCUT2D eigenvalue weighted by atomic mass is 16.6. The third-order valence-corrected chi connectivity index (χ3v) is 2.00. The molecule has 0 saturated carbocycles. The monoisotopic (exact) mass is 245 g/mol. The van der Waals surface area contributed by atoms with E-state index in [-0.39, 0.29) is 12.1 Å². The van der Waals surface area contributed by atoms with Crippen LogP contribution in [0.1, 0.15) is 48.0 Å². The van der Waals surface area contributed by atoms with Gasteiger partial charge in [-0.05, 0) is 40.0 Å². The first-order chi connectivity index (χ1) is 7.74. The summed E-state index contributed by atoms with van der Waals surface area (Å²) in [6.45, 7) is 12.9. The lowest BCUT2D eigenvalue weighted by atomic mass is 10.0. The van der Waals surface area contributed by atoms with Gasteiger partial charge in [0, 0.05) is 6.61 Å². The molecule has 0 saturated heterocycles. The van der Waals surface area contributed by atoms with Crippen molar-refractivity contribution in [2.24, 2.45) is 5.92 Å². The van der Waals surface area contributed by atoms with Gasteiger partial charge in [-0.25, -0.2) is 4.79 Å². The van der Waals surface area contributed by atoms with Crippen molar-refractivity contribution < 1.29 is 14.3 Å². The molecule has 0 aromatic rings. The molecule has 0 rings (SSSR count). The Morgan fingerprint density at radius 3 is 2.29 bits per heavy atom. The largest absolute Gasteiger partial charge is 0.444 e. The molecule has 0 fully saturated rings. The van der Waals surface area contributed by atoms with E-state index in [0.29, 0.717) is 19.1 Å². The van der Waals surface area contributed by atoms with E-state index < -0.39 is 5.60 Å². The third kappa shape index (κ3) is 10.1. The van der Waals surface area contributed by atoms with Crippen LogP contribution in [0.15, 0.2) is 0 Å². The molecule has 0 bridgehead atoms. The lowest BCUT2D eigenvalue weighted by molar-refractivity contribution is 0.0436. The Morgan fingerprint density at radius 2 is 1.88 bits per heavy atom. The van der Waals surface area contributed by atoms with Crippen molar-refractivity contribution in [2.45, 2.75) is 59.6 Å². The maximum Gasteiger partial charge on any atom is 0.407 e. The van der Waals surface area contributed by atoms with Crippen LogP contribution < -0.4 is 5.32 Å². The molecule has 0 aromatic carbocycles. The van der Waals surface area contributed by atoms with E-state index >= 15 is 0 Å². The summed E-state index contributed by atoms with van der Waals surface area (Å²) in [5.74, 6) is 0.510. The molecule has 0 aliphatic rings. The fourth-order valence-corrected chi connectivity index (χ4v) is 1.47. The van der Waals surface area contributed by atoms with Gasteiger partial charge < -0.3 is 14.8 Å². The second kappa shape index (κ2) is 7.54. The van der Waals surface area contributed by atoms with Gasteiger partial charge in [-0.1, -0.05) is 13.8 Å². The van der Waals surface area contributed by atoms with E-state index in [1.165, 1.54) is 0 Å². The molecule has 0 aromatic heterocycles. The van der Waals surface area contributed by atoms with Gasteiger partial charge >= 0.3 is 6.09 Å². The molecule has 4 nitrogen and oxygen atoms in total. The predicted molar refractivity (Wildman–Crippen MR) is 69.1 cm³/mol. The lowest BCUT2D eigenvalue weighted by Gasteiger charge is -2.24. The van der Waals surface area contributed by atoms with Gasteiger partial charge in [-0.2, -0.15) is 0 Å². The van der Waals surface area contributed by atoms with Gasteiger partial charge in [0.2, 0.25) is 0 Å². The van der Waals surface area contributed by atoms with E-state index in [1.54, 1.807) is 0 Å². The zero-order valence-electron chi connectivity index (χ0n) is 12.0. The normalized spacial score (nSPS) is 13.6. The minimum absolute atomic E-state index is 0.0183. The average Bonchev–Trinajstić information content (AvgIpc) is 2.09. The van der Waals surface area contributed by atoms with Crippen molar-refractivity contribution in [3.05, 3.63) is 0 Å². The second-order valence-corrected chi connectivity index (χ2v) is 5.63. The number of hydrogen-bond acceptors (Lipinski definition) is 3. The predicted octanol–water partition coefficient (Wildman–Crippen LogP) is 2.96. The number of carbonyl (C=O) groups excluding carboxylic acids is 1. The van der Waals surface area contributed by atoms with E-state index in [9.17, 15) is 4.79 Å². The standard InChI is InChI=1S/C13H27NO3/c1-7-16-9-11(8-10(2)3)14-12(15)17-13(4,5)6/h10-11H,7-9H2,1-6H3,(H,14,15). The molecule has 102 valence electrons. The number of carbonyl (C=O) groups is 1. The summed E-state index contributed by atoms with van der Waals surface area (Å²) in [6.07, 6.45) is 0.516. The summed E-state index contributed by atoms with van der Waals surface area (Å²) in [6, 6.07) is 0.0183. The number of rotatable bonds is 6. The van der Waals surface area contributed by atoms with E-state index in [0.717, 1.165) is 6.42 Å². The smallest absolute Gasteiger partial charge is 0.407 e. The van der Waals surface area contributed by atoms with Gasteiger partial charge in [0.15, 0.2) is 0 Å². The zero-order chi connectivity index (χ0) is 13.5. The van der Waals surface area contributed by atoms with Crippen LogP contribution in [0.4, 0.5) is 4.79 Å². The lowest BCUT2D eigenvalue weighted by Crippen LogP contribution is -2.42. The van der Waals surface area contributed by atoms with Gasteiger partial charge in [-0.3, -0.25) is 0 Å². The minimum Gasteiger partial charge on any atom is -0.444 e.